The molecule has 0 unspecified atom stereocenters. The van der Waals surface area contributed by atoms with Gasteiger partial charge in [-0.1, -0.05) is 30.3 Å². The number of amides is 1. The quantitative estimate of drug-likeness (QED) is 0.655. The lowest BCUT2D eigenvalue weighted by Crippen LogP contribution is -2.34. The molecule has 0 N–H and O–H groups in total. The normalized spacial score (nSPS) is 11.0. The number of likely N-dealkylation sites (N-methyl/N-ethyl adjacent to an activating group) is 1. The zero-order valence-electron chi connectivity index (χ0n) is 16.1. The summed E-state index contributed by atoms with van der Waals surface area (Å²) in [4.78, 5) is 27.0. The van der Waals surface area contributed by atoms with Gasteiger partial charge in [0.15, 0.2) is 17.3 Å². The highest BCUT2D eigenvalue weighted by Crippen LogP contribution is 2.17. The molecule has 6 nitrogen and oxygen atoms in total. The number of hydrogen-bond acceptors (Lipinski definition) is 4. The van der Waals surface area contributed by atoms with E-state index in [2.05, 4.69) is 5.10 Å². The van der Waals surface area contributed by atoms with Crippen LogP contribution in [0.2, 0.25) is 0 Å². The van der Waals surface area contributed by atoms with Gasteiger partial charge >= 0.3 is 0 Å². The van der Waals surface area contributed by atoms with Gasteiger partial charge in [0.25, 0.3) is 11.5 Å². The number of carbonyl (C=O) groups is 1. The number of carbonyl (C=O) groups excluding carboxylic acids is 1. The lowest BCUT2D eigenvalue weighted by Gasteiger charge is -2.19. The summed E-state index contributed by atoms with van der Waals surface area (Å²) in [7, 11) is 1.62. The predicted octanol–water partition coefficient (Wildman–Crippen LogP) is 3.27. The highest BCUT2D eigenvalue weighted by Gasteiger charge is 2.20. The Labute approximate surface area is 162 Å². The average molecular weight is 383 g/mol. The van der Waals surface area contributed by atoms with E-state index in [1.807, 2.05) is 13.8 Å². The van der Waals surface area contributed by atoms with Gasteiger partial charge in [0.1, 0.15) is 6.61 Å². The first-order valence-electron chi connectivity index (χ1n) is 9.04. The van der Waals surface area contributed by atoms with Gasteiger partial charge in [0, 0.05) is 12.4 Å². The second-order valence-electron chi connectivity index (χ2n) is 6.74. The summed E-state index contributed by atoms with van der Waals surface area (Å²) in [5.74, 6) is -0.642. The van der Waals surface area contributed by atoms with E-state index in [9.17, 15) is 14.0 Å². The first-order valence-corrected chi connectivity index (χ1v) is 9.04. The van der Waals surface area contributed by atoms with Crippen molar-refractivity contribution >= 4 is 16.7 Å². The van der Waals surface area contributed by atoms with Crippen LogP contribution >= 0.6 is 0 Å². The molecule has 3 rings (SSSR count). The summed E-state index contributed by atoms with van der Waals surface area (Å²) >= 11 is 0. The van der Waals surface area contributed by atoms with Crippen molar-refractivity contribution in [2.45, 2.75) is 19.9 Å². The fraction of sp³-hybridized carbons (Fsp3) is 0.286. The Bertz CT molecular complexity index is 1060. The van der Waals surface area contributed by atoms with Crippen LogP contribution in [-0.2, 0) is 0 Å². The van der Waals surface area contributed by atoms with Crippen molar-refractivity contribution in [3.63, 3.8) is 0 Å². The number of hydrogen-bond donors (Lipinski definition) is 0. The van der Waals surface area contributed by atoms with Crippen LogP contribution in [0.1, 0.15) is 30.4 Å². The molecule has 146 valence electrons. The average Bonchev–Trinajstić information content (AvgIpc) is 2.69. The van der Waals surface area contributed by atoms with Crippen LogP contribution in [0.5, 0.6) is 5.75 Å². The Balaban J connectivity index is 1.83. The lowest BCUT2D eigenvalue weighted by atomic mass is 10.1. The van der Waals surface area contributed by atoms with E-state index in [0.717, 1.165) is 0 Å². The van der Waals surface area contributed by atoms with Gasteiger partial charge in [-0.15, -0.1) is 0 Å². The molecule has 0 atom stereocenters. The minimum absolute atomic E-state index is 0.130. The van der Waals surface area contributed by atoms with Gasteiger partial charge in [-0.3, -0.25) is 9.59 Å². The van der Waals surface area contributed by atoms with Crippen LogP contribution in [0.3, 0.4) is 0 Å². The lowest BCUT2D eigenvalue weighted by molar-refractivity contribution is 0.0766. The highest BCUT2D eigenvalue weighted by molar-refractivity contribution is 6.04. The molecule has 2 aromatic carbocycles. The number of aromatic nitrogens is 2. The maximum atomic E-state index is 13.6. The molecule has 0 aliphatic carbocycles. The Morgan fingerprint density at radius 2 is 1.79 bits per heavy atom. The number of nitrogens with zero attached hydrogens (tertiary/aromatic N) is 3. The summed E-state index contributed by atoms with van der Waals surface area (Å²) in [6.45, 7) is 4.04. The zero-order valence-corrected chi connectivity index (χ0v) is 16.1. The number of rotatable bonds is 6. The maximum Gasteiger partial charge on any atom is 0.274 e. The minimum atomic E-state index is -0.451. The monoisotopic (exact) mass is 383 g/mol. The summed E-state index contributed by atoms with van der Waals surface area (Å²) in [6, 6.07) is 12.9. The summed E-state index contributed by atoms with van der Waals surface area (Å²) in [6.07, 6.45) is 0. The molecule has 0 saturated heterocycles. The van der Waals surface area contributed by atoms with Crippen LogP contribution in [0.4, 0.5) is 4.39 Å². The molecular weight excluding hydrogens is 361 g/mol. The molecule has 0 aliphatic heterocycles. The number of ether oxygens (including phenoxy) is 1. The summed E-state index contributed by atoms with van der Waals surface area (Å²) in [5, 5.41) is 5.27. The van der Waals surface area contributed by atoms with Gasteiger partial charge in [-0.2, -0.15) is 5.10 Å². The second-order valence-corrected chi connectivity index (χ2v) is 6.74. The standard InChI is InChI=1S/C21H22FN3O3/c1-14(2)25-20(26)16-9-5-4-8-15(16)19(23-25)21(27)24(3)12-13-28-18-11-7-6-10-17(18)22/h4-11,14H,12-13H2,1-3H3. The zero-order chi connectivity index (χ0) is 20.3. The molecule has 28 heavy (non-hydrogen) atoms. The smallest absolute Gasteiger partial charge is 0.274 e. The first kappa shape index (κ1) is 19.5. The third-order valence-electron chi connectivity index (χ3n) is 4.39. The molecule has 0 saturated carbocycles. The Morgan fingerprint density at radius 3 is 2.46 bits per heavy atom. The molecule has 0 bridgehead atoms. The largest absolute Gasteiger partial charge is 0.489 e. The van der Waals surface area contributed by atoms with Gasteiger partial charge < -0.3 is 9.64 Å². The molecule has 1 heterocycles. The molecule has 0 radical (unpaired) electrons. The van der Waals surface area contributed by atoms with E-state index in [1.54, 1.807) is 43.4 Å². The fourth-order valence-electron chi connectivity index (χ4n) is 2.85. The van der Waals surface area contributed by atoms with Crippen LogP contribution in [0.25, 0.3) is 10.8 Å². The van der Waals surface area contributed by atoms with Crippen LogP contribution in [0.15, 0.2) is 53.3 Å². The van der Waals surface area contributed by atoms with Crippen molar-refractivity contribution in [1.29, 1.82) is 0 Å². The van der Waals surface area contributed by atoms with Crippen LogP contribution in [-0.4, -0.2) is 40.8 Å². The number of halogens is 1. The Hall–Kier alpha value is -3.22. The number of fused-ring (bicyclic) bond motifs is 1. The molecule has 3 aromatic rings. The van der Waals surface area contributed by atoms with E-state index in [-0.39, 0.29) is 42.1 Å². The Kier molecular flexibility index (Phi) is 5.73. The summed E-state index contributed by atoms with van der Waals surface area (Å²) < 4.78 is 20.4. The van der Waals surface area contributed by atoms with E-state index >= 15 is 0 Å². The van der Waals surface area contributed by atoms with E-state index in [4.69, 9.17) is 4.74 Å². The first-order chi connectivity index (χ1) is 13.4. The molecule has 0 fully saturated rings. The van der Waals surface area contributed by atoms with Crippen molar-refractivity contribution in [2.24, 2.45) is 0 Å². The van der Waals surface area contributed by atoms with Gasteiger partial charge in [0.05, 0.1) is 18.0 Å². The van der Waals surface area contributed by atoms with E-state index < -0.39 is 5.82 Å². The third-order valence-corrected chi connectivity index (χ3v) is 4.39. The van der Waals surface area contributed by atoms with Crippen LogP contribution < -0.4 is 10.3 Å². The van der Waals surface area contributed by atoms with Gasteiger partial charge in [-0.05, 0) is 32.0 Å². The van der Waals surface area contributed by atoms with Crippen molar-refractivity contribution in [3.8, 4) is 5.75 Å². The molecule has 7 heteroatoms. The number of para-hydroxylation sites is 1. The van der Waals surface area contributed by atoms with E-state index in [0.29, 0.717) is 10.8 Å². The van der Waals surface area contributed by atoms with Crippen molar-refractivity contribution in [2.75, 3.05) is 20.2 Å². The Morgan fingerprint density at radius 1 is 1.14 bits per heavy atom. The number of benzene rings is 2. The molecular formula is C21H22FN3O3. The van der Waals surface area contributed by atoms with Crippen LogP contribution in [0, 0.1) is 5.82 Å². The van der Waals surface area contributed by atoms with Crippen molar-refractivity contribution < 1.29 is 13.9 Å². The van der Waals surface area contributed by atoms with Gasteiger partial charge in [0.2, 0.25) is 0 Å². The predicted molar refractivity (Wildman–Crippen MR) is 105 cm³/mol. The van der Waals surface area contributed by atoms with Crippen molar-refractivity contribution in [3.05, 3.63) is 70.4 Å². The second kappa shape index (κ2) is 8.21. The van der Waals surface area contributed by atoms with E-state index in [1.165, 1.54) is 21.7 Å². The molecule has 1 aromatic heterocycles. The molecule has 1 amide bonds. The highest BCUT2D eigenvalue weighted by atomic mass is 19.1. The van der Waals surface area contributed by atoms with Crippen molar-refractivity contribution in [1.82, 2.24) is 14.7 Å². The SMILES string of the molecule is CC(C)n1nc(C(=O)N(C)CCOc2ccccc2F)c2ccccc2c1=O. The third kappa shape index (κ3) is 3.88. The minimum Gasteiger partial charge on any atom is -0.489 e. The topological polar surface area (TPSA) is 64.4 Å². The maximum absolute atomic E-state index is 13.6. The van der Waals surface area contributed by atoms with Gasteiger partial charge in [-0.25, -0.2) is 9.07 Å². The fourth-order valence-corrected chi connectivity index (χ4v) is 2.85. The molecule has 0 spiro atoms. The summed E-state index contributed by atoms with van der Waals surface area (Å²) in [5.41, 5.74) is -0.0232. The molecule has 0 aliphatic rings.